The van der Waals surface area contributed by atoms with Crippen LogP contribution in [0.2, 0.25) is 0 Å². The second-order valence-electron chi connectivity index (χ2n) is 7.13. The summed E-state index contributed by atoms with van der Waals surface area (Å²) in [6, 6.07) is 23.7. The van der Waals surface area contributed by atoms with Crippen LogP contribution in [-0.2, 0) is 11.2 Å². The number of carbonyl (C=O) groups excluding carboxylic acids is 1. The molecule has 3 rings (SSSR count). The Morgan fingerprint density at radius 3 is 2.34 bits per heavy atom. The number of rotatable bonds is 9. The molecule has 29 heavy (non-hydrogen) atoms. The number of carbonyl (C=O) groups is 1. The number of amides is 1. The van der Waals surface area contributed by atoms with Gasteiger partial charge in [0.05, 0.1) is 6.61 Å². The molecule has 0 atom stereocenters. The van der Waals surface area contributed by atoms with E-state index in [1.807, 2.05) is 68.4 Å². The summed E-state index contributed by atoms with van der Waals surface area (Å²) in [5.41, 5.74) is 4.22. The number of hydrogen-bond donors (Lipinski definition) is 1. The van der Waals surface area contributed by atoms with Crippen LogP contribution in [0.3, 0.4) is 0 Å². The molecule has 0 unspecified atom stereocenters. The predicted octanol–water partition coefficient (Wildman–Crippen LogP) is 5.33. The highest BCUT2D eigenvalue weighted by Crippen LogP contribution is 2.19. The van der Waals surface area contributed by atoms with Gasteiger partial charge in [-0.2, -0.15) is 0 Å². The first-order valence-electron chi connectivity index (χ1n) is 9.86. The molecule has 0 spiro atoms. The second-order valence-corrected chi connectivity index (χ2v) is 7.13. The highest BCUT2D eigenvalue weighted by atomic mass is 16.5. The molecule has 0 fully saturated rings. The monoisotopic (exact) mass is 389 g/mol. The molecule has 0 saturated heterocycles. The van der Waals surface area contributed by atoms with Crippen molar-refractivity contribution in [3.05, 3.63) is 89.5 Å². The lowest BCUT2D eigenvalue weighted by atomic mass is 10.1. The summed E-state index contributed by atoms with van der Waals surface area (Å²) >= 11 is 0. The van der Waals surface area contributed by atoms with E-state index >= 15 is 0 Å². The van der Waals surface area contributed by atoms with Gasteiger partial charge in [0.1, 0.15) is 11.5 Å². The van der Waals surface area contributed by atoms with Crippen LogP contribution in [0, 0.1) is 13.8 Å². The van der Waals surface area contributed by atoms with Crippen molar-refractivity contribution in [1.29, 1.82) is 0 Å². The molecule has 0 saturated carbocycles. The topological polar surface area (TPSA) is 47.6 Å². The summed E-state index contributed by atoms with van der Waals surface area (Å²) in [7, 11) is 0. The maximum absolute atomic E-state index is 12.2. The molecule has 0 bridgehead atoms. The van der Waals surface area contributed by atoms with E-state index in [1.54, 1.807) is 0 Å². The number of anilines is 1. The van der Waals surface area contributed by atoms with Crippen LogP contribution in [0.4, 0.5) is 5.69 Å². The standard InChI is InChI=1S/C25H27NO3/c1-19-14-20(2)16-24(15-19)29-18-25(27)26-22-11-6-12-23(17-22)28-13-7-10-21-8-4-3-5-9-21/h3-6,8-9,11-12,14-17H,7,10,13,18H2,1-2H3,(H,26,27). The van der Waals surface area contributed by atoms with Gasteiger partial charge in [-0.15, -0.1) is 0 Å². The summed E-state index contributed by atoms with van der Waals surface area (Å²) in [4.78, 5) is 12.2. The molecule has 4 heteroatoms. The van der Waals surface area contributed by atoms with Gasteiger partial charge < -0.3 is 14.8 Å². The lowest BCUT2D eigenvalue weighted by molar-refractivity contribution is -0.118. The van der Waals surface area contributed by atoms with E-state index in [0.29, 0.717) is 18.0 Å². The molecule has 1 N–H and O–H groups in total. The summed E-state index contributed by atoms with van der Waals surface area (Å²) in [6.07, 6.45) is 1.91. The highest BCUT2D eigenvalue weighted by molar-refractivity contribution is 5.92. The lowest BCUT2D eigenvalue weighted by Crippen LogP contribution is -2.20. The number of hydrogen-bond acceptors (Lipinski definition) is 3. The van der Waals surface area contributed by atoms with E-state index < -0.39 is 0 Å². The first-order valence-corrected chi connectivity index (χ1v) is 9.86. The van der Waals surface area contributed by atoms with Crippen molar-refractivity contribution in [2.75, 3.05) is 18.5 Å². The minimum atomic E-state index is -0.203. The zero-order chi connectivity index (χ0) is 20.5. The van der Waals surface area contributed by atoms with Crippen molar-refractivity contribution in [2.24, 2.45) is 0 Å². The fourth-order valence-electron chi connectivity index (χ4n) is 3.14. The van der Waals surface area contributed by atoms with E-state index in [4.69, 9.17) is 9.47 Å². The summed E-state index contributed by atoms with van der Waals surface area (Å²) in [6.45, 7) is 4.60. The first kappa shape index (κ1) is 20.5. The zero-order valence-electron chi connectivity index (χ0n) is 17.0. The van der Waals surface area contributed by atoms with Crippen molar-refractivity contribution in [1.82, 2.24) is 0 Å². The zero-order valence-corrected chi connectivity index (χ0v) is 17.0. The summed E-state index contributed by atoms with van der Waals surface area (Å²) in [5, 5.41) is 2.85. The fourth-order valence-corrected chi connectivity index (χ4v) is 3.14. The molecule has 150 valence electrons. The largest absolute Gasteiger partial charge is 0.494 e. The Hall–Kier alpha value is -3.27. The van der Waals surface area contributed by atoms with Gasteiger partial charge in [-0.3, -0.25) is 4.79 Å². The Kier molecular flexibility index (Phi) is 7.28. The van der Waals surface area contributed by atoms with Crippen LogP contribution in [0.5, 0.6) is 11.5 Å². The third kappa shape index (κ3) is 7.00. The van der Waals surface area contributed by atoms with Crippen LogP contribution < -0.4 is 14.8 Å². The SMILES string of the molecule is Cc1cc(C)cc(OCC(=O)Nc2cccc(OCCCc3ccccc3)c2)c1. The maximum Gasteiger partial charge on any atom is 0.262 e. The van der Waals surface area contributed by atoms with Gasteiger partial charge in [-0.1, -0.05) is 42.5 Å². The van der Waals surface area contributed by atoms with E-state index in [1.165, 1.54) is 5.56 Å². The summed E-state index contributed by atoms with van der Waals surface area (Å²) in [5.74, 6) is 1.24. The van der Waals surface area contributed by atoms with Gasteiger partial charge in [-0.05, 0) is 67.6 Å². The van der Waals surface area contributed by atoms with Crippen LogP contribution in [-0.4, -0.2) is 19.1 Å². The number of benzene rings is 3. The molecule has 0 radical (unpaired) electrons. The van der Waals surface area contributed by atoms with Gasteiger partial charge in [0.25, 0.3) is 5.91 Å². The Balaban J connectivity index is 1.44. The van der Waals surface area contributed by atoms with E-state index in [0.717, 1.165) is 29.7 Å². The Morgan fingerprint density at radius 1 is 0.828 bits per heavy atom. The predicted molar refractivity (Wildman–Crippen MR) is 117 cm³/mol. The maximum atomic E-state index is 12.2. The lowest BCUT2D eigenvalue weighted by Gasteiger charge is -2.11. The Morgan fingerprint density at radius 2 is 1.59 bits per heavy atom. The number of aryl methyl sites for hydroxylation is 3. The van der Waals surface area contributed by atoms with Gasteiger partial charge in [0, 0.05) is 11.8 Å². The molecule has 0 aromatic heterocycles. The Bertz CT molecular complexity index is 918. The van der Waals surface area contributed by atoms with Gasteiger partial charge >= 0.3 is 0 Å². The number of ether oxygens (including phenoxy) is 2. The van der Waals surface area contributed by atoms with E-state index in [9.17, 15) is 4.79 Å². The average molecular weight is 389 g/mol. The average Bonchev–Trinajstić information content (AvgIpc) is 2.70. The van der Waals surface area contributed by atoms with Gasteiger partial charge in [0.15, 0.2) is 6.61 Å². The molecular weight excluding hydrogens is 362 g/mol. The van der Waals surface area contributed by atoms with Crippen molar-refractivity contribution >= 4 is 11.6 Å². The van der Waals surface area contributed by atoms with Gasteiger partial charge in [-0.25, -0.2) is 0 Å². The molecule has 4 nitrogen and oxygen atoms in total. The molecule has 0 heterocycles. The molecule has 0 aliphatic heterocycles. The van der Waals surface area contributed by atoms with Crippen LogP contribution in [0.25, 0.3) is 0 Å². The first-order chi connectivity index (χ1) is 14.1. The molecular formula is C25H27NO3. The molecule has 3 aromatic carbocycles. The van der Waals surface area contributed by atoms with E-state index in [2.05, 4.69) is 23.5 Å². The van der Waals surface area contributed by atoms with Gasteiger partial charge in [0.2, 0.25) is 0 Å². The minimum absolute atomic E-state index is 0.0367. The number of nitrogens with one attached hydrogen (secondary N) is 1. The third-order valence-corrected chi connectivity index (χ3v) is 4.40. The normalized spacial score (nSPS) is 10.4. The van der Waals surface area contributed by atoms with Crippen molar-refractivity contribution in [3.63, 3.8) is 0 Å². The Labute approximate surface area is 172 Å². The van der Waals surface area contributed by atoms with Crippen LogP contribution in [0.15, 0.2) is 72.8 Å². The molecule has 0 aliphatic carbocycles. The minimum Gasteiger partial charge on any atom is -0.494 e. The molecule has 3 aromatic rings. The second kappa shape index (κ2) is 10.3. The van der Waals surface area contributed by atoms with Crippen LogP contribution in [0.1, 0.15) is 23.1 Å². The van der Waals surface area contributed by atoms with Crippen molar-refractivity contribution in [2.45, 2.75) is 26.7 Å². The van der Waals surface area contributed by atoms with Crippen LogP contribution >= 0.6 is 0 Å². The quantitative estimate of drug-likeness (QED) is 0.503. The molecule has 1 amide bonds. The third-order valence-electron chi connectivity index (χ3n) is 4.40. The smallest absolute Gasteiger partial charge is 0.262 e. The fraction of sp³-hybridized carbons (Fsp3) is 0.240. The summed E-state index contributed by atoms with van der Waals surface area (Å²) < 4.78 is 11.4. The van der Waals surface area contributed by atoms with Crippen molar-refractivity contribution in [3.8, 4) is 11.5 Å². The molecule has 0 aliphatic rings. The van der Waals surface area contributed by atoms with E-state index in [-0.39, 0.29) is 12.5 Å². The highest BCUT2D eigenvalue weighted by Gasteiger charge is 2.06. The van der Waals surface area contributed by atoms with Crippen molar-refractivity contribution < 1.29 is 14.3 Å².